The van der Waals surface area contributed by atoms with Crippen molar-refractivity contribution in [2.75, 3.05) is 0 Å². The van der Waals surface area contributed by atoms with Crippen molar-refractivity contribution >= 4 is 15.8 Å². The minimum atomic E-state index is -5.31. The Morgan fingerprint density at radius 2 is 1.67 bits per heavy atom. The number of Topliss-reactive ketones (excluding diaryl/α,β-unsaturated/α-hetero) is 1. The third-order valence-corrected chi connectivity index (χ3v) is 3.99. The molecule has 9 heteroatoms. The standard InChI is InChI=1S/C12H13F4NO3S/c1-11(2,3)17-21(19,20)9-5-4-7(13)6-8(9)10(18)12(14,15)16/h4-6,17H,1-3H3. The number of nitrogens with one attached hydrogen (secondary N) is 1. The maximum absolute atomic E-state index is 13.1. The highest BCUT2D eigenvalue weighted by molar-refractivity contribution is 7.89. The first-order valence-corrected chi connectivity index (χ1v) is 7.17. The predicted molar refractivity (Wildman–Crippen MR) is 66.9 cm³/mol. The van der Waals surface area contributed by atoms with E-state index in [1.165, 1.54) is 20.8 Å². The first kappa shape index (κ1) is 17.6. The summed E-state index contributed by atoms with van der Waals surface area (Å²) in [4.78, 5) is 10.4. The molecule has 4 nitrogen and oxygen atoms in total. The molecule has 1 aromatic carbocycles. The van der Waals surface area contributed by atoms with Gasteiger partial charge in [-0.2, -0.15) is 13.2 Å². The summed E-state index contributed by atoms with van der Waals surface area (Å²) in [6, 6.07) is 1.56. The zero-order valence-electron chi connectivity index (χ0n) is 11.4. The Morgan fingerprint density at radius 3 is 2.10 bits per heavy atom. The van der Waals surface area contributed by atoms with Gasteiger partial charge in [0.2, 0.25) is 10.0 Å². The Hall–Kier alpha value is -1.48. The van der Waals surface area contributed by atoms with Gasteiger partial charge in [-0.25, -0.2) is 17.5 Å². The van der Waals surface area contributed by atoms with E-state index in [4.69, 9.17) is 0 Å². The van der Waals surface area contributed by atoms with E-state index in [9.17, 15) is 30.8 Å². The van der Waals surface area contributed by atoms with Crippen LogP contribution in [0.15, 0.2) is 23.1 Å². The number of hydrogen-bond donors (Lipinski definition) is 1. The molecular formula is C12H13F4NO3S. The lowest BCUT2D eigenvalue weighted by molar-refractivity contribution is -0.0887. The second-order valence-electron chi connectivity index (χ2n) is 5.32. The van der Waals surface area contributed by atoms with Crippen molar-refractivity contribution in [3.63, 3.8) is 0 Å². The molecule has 0 spiro atoms. The van der Waals surface area contributed by atoms with E-state index in [2.05, 4.69) is 4.72 Å². The third kappa shape index (κ3) is 4.50. The second kappa shape index (κ2) is 5.38. The molecule has 118 valence electrons. The van der Waals surface area contributed by atoms with Gasteiger partial charge in [0.15, 0.2) is 0 Å². The highest BCUT2D eigenvalue weighted by Crippen LogP contribution is 2.27. The number of hydrogen-bond acceptors (Lipinski definition) is 3. The summed E-state index contributed by atoms with van der Waals surface area (Å²) in [6.45, 7) is 4.41. The van der Waals surface area contributed by atoms with Gasteiger partial charge in [-0.3, -0.25) is 4.79 Å². The third-order valence-electron chi connectivity index (χ3n) is 2.17. The number of halogens is 4. The van der Waals surface area contributed by atoms with Crippen LogP contribution in [0, 0.1) is 5.82 Å². The average Bonchev–Trinajstić information content (AvgIpc) is 2.22. The van der Waals surface area contributed by atoms with Crippen LogP contribution >= 0.6 is 0 Å². The Bertz CT molecular complexity index is 660. The topological polar surface area (TPSA) is 63.2 Å². The fraction of sp³-hybridized carbons (Fsp3) is 0.417. The molecule has 0 radical (unpaired) electrons. The monoisotopic (exact) mass is 327 g/mol. The van der Waals surface area contributed by atoms with Crippen LogP contribution in [0.5, 0.6) is 0 Å². The molecule has 0 aliphatic rings. The van der Waals surface area contributed by atoms with Crippen molar-refractivity contribution < 1.29 is 30.8 Å². The van der Waals surface area contributed by atoms with Crippen LogP contribution in [-0.4, -0.2) is 25.9 Å². The minimum absolute atomic E-state index is 0.257. The van der Waals surface area contributed by atoms with E-state index < -0.39 is 43.8 Å². The van der Waals surface area contributed by atoms with Gasteiger partial charge in [0, 0.05) is 5.54 Å². The summed E-state index contributed by atoms with van der Waals surface area (Å²) >= 11 is 0. The molecule has 0 aliphatic heterocycles. The summed E-state index contributed by atoms with van der Waals surface area (Å²) in [5.74, 6) is -3.56. The molecule has 0 aromatic heterocycles. The van der Waals surface area contributed by atoms with E-state index in [0.717, 1.165) is 0 Å². The van der Waals surface area contributed by atoms with Crippen LogP contribution in [0.3, 0.4) is 0 Å². The molecule has 0 saturated heterocycles. The Balaban J connectivity index is 3.49. The van der Waals surface area contributed by atoms with Crippen LogP contribution in [0.2, 0.25) is 0 Å². The van der Waals surface area contributed by atoms with Crippen LogP contribution in [0.1, 0.15) is 31.1 Å². The van der Waals surface area contributed by atoms with Crippen molar-refractivity contribution in [2.24, 2.45) is 0 Å². The summed E-state index contributed by atoms with van der Waals surface area (Å²) in [7, 11) is -4.41. The van der Waals surface area contributed by atoms with Gasteiger partial charge in [-0.1, -0.05) is 0 Å². The molecule has 0 amide bonds. The molecule has 0 unspecified atom stereocenters. The quantitative estimate of drug-likeness (QED) is 0.686. The largest absolute Gasteiger partial charge is 0.454 e. The summed E-state index contributed by atoms with van der Waals surface area (Å²) in [5.41, 5.74) is -2.23. The van der Waals surface area contributed by atoms with Gasteiger partial charge in [-0.15, -0.1) is 0 Å². The molecule has 0 heterocycles. The number of benzene rings is 1. The van der Waals surface area contributed by atoms with Crippen molar-refractivity contribution in [2.45, 2.75) is 37.4 Å². The van der Waals surface area contributed by atoms with E-state index in [1.54, 1.807) is 0 Å². The lowest BCUT2D eigenvalue weighted by Gasteiger charge is -2.21. The maximum atomic E-state index is 13.1. The molecule has 0 aliphatic carbocycles. The lowest BCUT2D eigenvalue weighted by Crippen LogP contribution is -2.41. The number of alkyl halides is 3. The van der Waals surface area contributed by atoms with Crippen molar-refractivity contribution in [1.29, 1.82) is 0 Å². The fourth-order valence-corrected chi connectivity index (χ4v) is 3.13. The van der Waals surface area contributed by atoms with Gasteiger partial charge in [0.05, 0.1) is 10.5 Å². The van der Waals surface area contributed by atoms with Crippen LogP contribution < -0.4 is 4.72 Å². The van der Waals surface area contributed by atoms with Gasteiger partial charge in [0.25, 0.3) is 5.78 Å². The Morgan fingerprint density at radius 1 is 1.14 bits per heavy atom. The van der Waals surface area contributed by atoms with E-state index in [0.29, 0.717) is 12.1 Å². The smallest absolute Gasteiger partial charge is 0.284 e. The van der Waals surface area contributed by atoms with Gasteiger partial charge < -0.3 is 0 Å². The van der Waals surface area contributed by atoms with Crippen molar-refractivity contribution in [3.05, 3.63) is 29.6 Å². The fourth-order valence-electron chi connectivity index (χ4n) is 1.52. The van der Waals surface area contributed by atoms with E-state index in [-0.39, 0.29) is 6.07 Å². The highest BCUT2D eigenvalue weighted by Gasteiger charge is 2.42. The van der Waals surface area contributed by atoms with Gasteiger partial charge >= 0.3 is 6.18 Å². The zero-order valence-corrected chi connectivity index (χ0v) is 12.2. The minimum Gasteiger partial charge on any atom is -0.284 e. The lowest BCUT2D eigenvalue weighted by atomic mass is 10.1. The normalized spacial score (nSPS) is 13.3. The second-order valence-corrected chi connectivity index (χ2v) is 6.97. The van der Waals surface area contributed by atoms with Crippen LogP contribution in [-0.2, 0) is 10.0 Å². The first-order chi connectivity index (χ1) is 9.24. The SMILES string of the molecule is CC(C)(C)NS(=O)(=O)c1ccc(F)cc1C(=O)C(F)(F)F. The van der Waals surface area contributed by atoms with E-state index >= 15 is 0 Å². The number of ketones is 1. The summed E-state index contributed by atoms with van der Waals surface area (Å²) < 4.78 is 76.8. The summed E-state index contributed by atoms with van der Waals surface area (Å²) in [5, 5.41) is 0. The highest BCUT2D eigenvalue weighted by atomic mass is 32.2. The molecule has 0 saturated carbocycles. The molecule has 1 N–H and O–H groups in total. The molecule has 0 atom stereocenters. The van der Waals surface area contributed by atoms with Crippen LogP contribution in [0.25, 0.3) is 0 Å². The van der Waals surface area contributed by atoms with Crippen molar-refractivity contribution in [1.82, 2.24) is 4.72 Å². The molecule has 0 fully saturated rings. The van der Waals surface area contributed by atoms with Crippen LogP contribution in [0.4, 0.5) is 17.6 Å². The molecule has 0 bridgehead atoms. The van der Waals surface area contributed by atoms with Gasteiger partial charge in [0.1, 0.15) is 5.82 Å². The number of sulfonamides is 1. The molecule has 1 rings (SSSR count). The average molecular weight is 327 g/mol. The van der Waals surface area contributed by atoms with Gasteiger partial charge in [-0.05, 0) is 39.0 Å². The number of carbonyl (C=O) groups is 1. The zero-order chi connectivity index (χ0) is 16.6. The summed E-state index contributed by atoms with van der Waals surface area (Å²) in [6.07, 6.45) is -5.31. The Kier molecular flexibility index (Phi) is 4.50. The molecule has 21 heavy (non-hydrogen) atoms. The predicted octanol–water partition coefficient (Wildman–Crippen LogP) is 2.65. The Labute approximate surface area is 119 Å². The maximum Gasteiger partial charge on any atom is 0.454 e. The number of rotatable bonds is 3. The molecular weight excluding hydrogens is 314 g/mol. The molecule has 1 aromatic rings. The van der Waals surface area contributed by atoms with Crippen molar-refractivity contribution in [3.8, 4) is 0 Å². The first-order valence-electron chi connectivity index (χ1n) is 5.69. The number of carbonyl (C=O) groups excluding carboxylic acids is 1. The van der Waals surface area contributed by atoms with E-state index in [1.807, 2.05) is 0 Å².